The van der Waals surface area contributed by atoms with Crippen LogP contribution in [-0.2, 0) is 4.74 Å². The minimum atomic E-state index is -0.291. The Morgan fingerprint density at radius 3 is 2.15 bits per heavy atom. The van der Waals surface area contributed by atoms with Crippen molar-refractivity contribution in [1.82, 2.24) is 0 Å². The second-order valence-corrected chi connectivity index (χ2v) is 3.43. The van der Waals surface area contributed by atoms with Crippen LogP contribution in [-0.4, -0.2) is 13.1 Å². The van der Waals surface area contributed by atoms with Gasteiger partial charge in [0.1, 0.15) is 0 Å². The highest BCUT2D eigenvalue weighted by molar-refractivity contribution is 8.38. The summed E-state index contributed by atoms with van der Waals surface area (Å²) in [5.74, 6) is -0.291. The Kier molecular flexibility index (Phi) is 7.99. The summed E-state index contributed by atoms with van der Waals surface area (Å²) >= 11 is 0. The fourth-order valence-electron chi connectivity index (χ4n) is 0.692. The lowest BCUT2D eigenvalue weighted by molar-refractivity contribution is 0.0601. The zero-order valence-corrected chi connectivity index (χ0v) is 9.20. The van der Waals surface area contributed by atoms with Gasteiger partial charge in [-0.1, -0.05) is 18.2 Å². The average molecular weight is 239 g/mol. The monoisotopic (exact) mass is 238 g/mol. The summed E-state index contributed by atoms with van der Waals surface area (Å²) in [4.78, 5) is 10.8. The molecule has 1 rings (SSSR count). The van der Waals surface area contributed by atoms with Crippen LogP contribution in [0.4, 0.5) is 0 Å². The van der Waals surface area contributed by atoms with Gasteiger partial charge in [0.15, 0.2) is 0 Å². The number of carbonyl (C=O) groups excluding carboxylic acids is 1. The first kappa shape index (κ1) is 12.6. The minimum Gasteiger partial charge on any atom is -0.465 e. The number of benzene rings is 1. The van der Waals surface area contributed by atoms with E-state index in [9.17, 15) is 4.79 Å². The first-order valence-corrected chi connectivity index (χ1v) is 5.75. The van der Waals surface area contributed by atoms with Crippen molar-refractivity contribution in [2.75, 3.05) is 7.11 Å². The third-order valence-corrected chi connectivity index (χ3v) is 1.19. The highest BCUT2D eigenvalue weighted by Crippen LogP contribution is 2.08. The Morgan fingerprint density at radius 2 is 1.77 bits per heavy atom. The molecule has 0 saturated heterocycles. The summed E-state index contributed by atoms with van der Waals surface area (Å²) < 4.78 is 4.50. The molecule has 0 amide bonds. The molecule has 0 radical (unpaired) electrons. The highest BCUT2D eigenvalue weighted by Gasteiger charge is 2.00. The normalized spacial score (nSPS) is 8.23. The van der Waals surface area contributed by atoms with Crippen LogP contribution in [0.1, 0.15) is 10.4 Å². The van der Waals surface area contributed by atoms with E-state index in [1.807, 2.05) is 6.07 Å². The molecule has 0 fully saturated rings. The molecule has 0 saturated carbocycles. The topological polar surface area (TPSA) is 26.3 Å². The van der Waals surface area contributed by atoms with Crippen LogP contribution in [0.25, 0.3) is 0 Å². The number of esters is 1. The Labute approximate surface area is 90.2 Å². The maximum Gasteiger partial charge on any atom is 0.337 e. The molecule has 0 bridgehead atoms. The average Bonchev–Trinajstić information content (AvgIpc) is 2.19. The number of hydrogen-bond acceptors (Lipinski definition) is 3. The largest absolute Gasteiger partial charge is 0.465 e. The fraction of sp³-hybridized carbons (Fsp3) is 0.125. The summed E-state index contributed by atoms with van der Waals surface area (Å²) in [6.07, 6.45) is 0. The molecule has 0 atom stereocenters. The predicted octanol–water partition coefficient (Wildman–Crippen LogP) is 3.50. The van der Waals surface area contributed by atoms with E-state index in [-0.39, 0.29) is 5.97 Å². The molecule has 0 unspecified atom stereocenters. The van der Waals surface area contributed by atoms with Crippen LogP contribution in [0.3, 0.4) is 0 Å². The lowest BCUT2D eigenvalue weighted by Gasteiger charge is -1.95. The molecule has 0 aromatic heterocycles. The molecule has 1 aromatic rings. The summed E-state index contributed by atoms with van der Waals surface area (Å²) in [6, 6.07) is 8.88. The maximum absolute atomic E-state index is 10.8. The maximum atomic E-state index is 10.8. The summed E-state index contributed by atoms with van der Waals surface area (Å²) in [7, 11) is 11.4. The SMILES string of the molecule is COC(=O)c1ccccc1.ClSCl. The molecule has 0 heterocycles. The van der Waals surface area contributed by atoms with Crippen LogP contribution in [0.2, 0.25) is 0 Å². The summed E-state index contributed by atoms with van der Waals surface area (Å²) in [6.45, 7) is 0. The number of carbonyl (C=O) groups is 1. The van der Waals surface area contributed by atoms with Crippen LogP contribution >= 0.6 is 31.6 Å². The number of rotatable bonds is 1. The van der Waals surface area contributed by atoms with Crippen LogP contribution in [0, 0.1) is 0 Å². The van der Waals surface area contributed by atoms with E-state index in [0.717, 1.165) is 0 Å². The molecule has 72 valence electrons. The minimum absolute atomic E-state index is 0.291. The van der Waals surface area contributed by atoms with Crippen molar-refractivity contribution in [3.05, 3.63) is 35.9 Å². The van der Waals surface area contributed by atoms with Gasteiger partial charge in [0.05, 0.1) is 22.9 Å². The smallest absolute Gasteiger partial charge is 0.337 e. The van der Waals surface area contributed by atoms with Crippen LogP contribution in [0.15, 0.2) is 30.3 Å². The molecule has 0 aliphatic heterocycles. The van der Waals surface area contributed by atoms with Crippen molar-refractivity contribution in [3.8, 4) is 0 Å². The molecule has 0 aliphatic carbocycles. The number of ether oxygens (including phenoxy) is 1. The van der Waals surface area contributed by atoms with Gasteiger partial charge in [-0.05, 0) is 33.5 Å². The van der Waals surface area contributed by atoms with Gasteiger partial charge < -0.3 is 4.74 Å². The Bertz CT molecular complexity index is 241. The van der Waals surface area contributed by atoms with E-state index in [1.54, 1.807) is 24.3 Å². The van der Waals surface area contributed by atoms with Crippen LogP contribution in [0.5, 0.6) is 0 Å². The number of methoxy groups -OCH3 is 1. The second-order valence-electron chi connectivity index (χ2n) is 1.92. The van der Waals surface area contributed by atoms with E-state index in [0.29, 0.717) is 15.8 Å². The Hall–Kier alpha value is -0.380. The lowest BCUT2D eigenvalue weighted by Crippen LogP contribution is -1.99. The second kappa shape index (κ2) is 8.23. The van der Waals surface area contributed by atoms with Gasteiger partial charge in [-0.25, -0.2) is 4.79 Å². The molecule has 0 spiro atoms. The Morgan fingerprint density at radius 1 is 1.31 bits per heavy atom. The molecule has 5 heteroatoms. The Balaban J connectivity index is 0.000000424. The van der Waals surface area contributed by atoms with Gasteiger partial charge >= 0.3 is 5.97 Å². The van der Waals surface area contributed by atoms with Crippen molar-refractivity contribution in [2.45, 2.75) is 0 Å². The van der Waals surface area contributed by atoms with Gasteiger partial charge in [-0.15, -0.1) is 0 Å². The first-order valence-electron chi connectivity index (χ1n) is 3.29. The number of halogens is 2. The fourth-order valence-corrected chi connectivity index (χ4v) is 0.692. The van der Waals surface area contributed by atoms with Gasteiger partial charge in [0.25, 0.3) is 0 Å². The highest BCUT2D eigenvalue weighted by atomic mass is 36.0. The third kappa shape index (κ3) is 5.80. The van der Waals surface area contributed by atoms with E-state index >= 15 is 0 Å². The first-order chi connectivity index (χ1) is 6.26. The quantitative estimate of drug-likeness (QED) is 0.701. The van der Waals surface area contributed by atoms with Gasteiger partial charge in [0.2, 0.25) is 0 Å². The van der Waals surface area contributed by atoms with Gasteiger partial charge in [0, 0.05) is 0 Å². The van der Waals surface area contributed by atoms with Crippen LogP contribution < -0.4 is 0 Å². The molecule has 0 aliphatic rings. The zero-order chi connectivity index (χ0) is 10.1. The molecule has 1 aromatic carbocycles. The summed E-state index contributed by atoms with van der Waals surface area (Å²) in [5, 5.41) is 0. The van der Waals surface area contributed by atoms with Crippen molar-refractivity contribution in [2.24, 2.45) is 0 Å². The van der Waals surface area contributed by atoms with Crippen molar-refractivity contribution < 1.29 is 9.53 Å². The van der Waals surface area contributed by atoms with Crippen molar-refractivity contribution in [3.63, 3.8) is 0 Å². The molecule has 0 N–H and O–H groups in total. The molecule has 13 heavy (non-hydrogen) atoms. The molecular formula is C8H8Cl2O2S. The number of hydrogen-bond donors (Lipinski definition) is 0. The van der Waals surface area contributed by atoms with E-state index in [4.69, 9.17) is 0 Å². The molecule has 2 nitrogen and oxygen atoms in total. The van der Waals surface area contributed by atoms with Gasteiger partial charge in [-0.2, -0.15) is 0 Å². The predicted molar refractivity (Wildman–Crippen MR) is 57.1 cm³/mol. The van der Waals surface area contributed by atoms with E-state index < -0.39 is 0 Å². The van der Waals surface area contributed by atoms with Crippen molar-refractivity contribution in [1.29, 1.82) is 0 Å². The van der Waals surface area contributed by atoms with Gasteiger partial charge in [-0.3, -0.25) is 0 Å². The zero-order valence-electron chi connectivity index (χ0n) is 6.87. The van der Waals surface area contributed by atoms with E-state index in [1.165, 1.54) is 7.11 Å². The van der Waals surface area contributed by atoms with E-state index in [2.05, 4.69) is 26.1 Å². The van der Waals surface area contributed by atoms with Crippen molar-refractivity contribution >= 4 is 37.5 Å². The third-order valence-electron chi connectivity index (χ3n) is 1.19. The lowest BCUT2D eigenvalue weighted by atomic mass is 10.2. The standard InChI is InChI=1S/C8H8O2.Cl2S/c1-10-8(9)7-5-3-2-4-6-7;1-3-2/h2-6H,1H3;. The molecular weight excluding hydrogens is 231 g/mol. The summed E-state index contributed by atoms with van der Waals surface area (Å²) in [5.41, 5.74) is 0.588.